The summed E-state index contributed by atoms with van der Waals surface area (Å²) in [4.78, 5) is 36.6. The minimum absolute atomic E-state index is 0.0358. The van der Waals surface area contributed by atoms with E-state index in [9.17, 15) is 14.4 Å². The van der Waals surface area contributed by atoms with Gasteiger partial charge in [0.05, 0.1) is 5.56 Å². The van der Waals surface area contributed by atoms with Crippen LogP contribution < -0.4 is 10.1 Å². The number of Topliss-reactive ketones (excluding diaryl/α,β-unsaturated/α-hetero) is 1. The first-order valence-electron chi connectivity index (χ1n) is 7.05. The molecule has 0 unspecified atom stereocenters. The van der Waals surface area contributed by atoms with E-state index in [0.29, 0.717) is 35.8 Å². The molecular weight excluding hydrogens is 308 g/mol. The van der Waals surface area contributed by atoms with Crippen molar-refractivity contribution in [3.63, 3.8) is 0 Å². The van der Waals surface area contributed by atoms with Gasteiger partial charge >= 0.3 is 6.03 Å². The zero-order chi connectivity index (χ0) is 15.9. The normalized spacial score (nSPS) is 20.1. The van der Waals surface area contributed by atoms with E-state index in [1.54, 1.807) is 12.1 Å². The molecule has 1 fully saturated rings. The fourth-order valence-corrected chi connectivity index (χ4v) is 3.22. The van der Waals surface area contributed by atoms with Crippen LogP contribution >= 0.6 is 11.6 Å². The molecule has 1 aliphatic carbocycles. The molecule has 2 aliphatic rings. The van der Waals surface area contributed by atoms with E-state index in [4.69, 9.17) is 16.3 Å². The molecule has 1 atom stereocenters. The Morgan fingerprint density at radius 1 is 1.45 bits per heavy atom. The second-order valence-corrected chi connectivity index (χ2v) is 5.84. The molecule has 22 heavy (non-hydrogen) atoms. The minimum atomic E-state index is -0.433. The average molecular weight is 323 g/mol. The van der Waals surface area contributed by atoms with Crippen LogP contribution in [0.4, 0.5) is 4.79 Å². The number of nitrogens with zero attached hydrogens (tertiary/aromatic N) is 1. The van der Waals surface area contributed by atoms with Crippen molar-refractivity contribution >= 4 is 29.3 Å². The van der Waals surface area contributed by atoms with Crippen molar-refractivity contribution in [1.29, 1.82) is 0 Å². The topological polar surface area (TPSA) is 75.7 Å². The first-order chi connectivity index (χ1) is 10.5. The third-order valence-corrected chi connectivity index (χ3v) is 4.26. The third-order valence-electron chi connectivity index (χ3n) is 3.93. The van der Waals surface area contributed by atoms with E-state index in [-0.39, 0.29) is 18.3 Å². The van der Waals surface area contributed by atoms with Crippen molar-refractivity contribution in [3.05, 3.63) is 28.3 Å². The second kappa shape index (κ2) is 5.61. The number of urea groups is 1. The number of ether oxygens (including phenoxy) is 1. The molecule has 1 heterocycles. The molecule has 1 N–H and O–H groups in total. The van der Waals surface area contributed by atoms with Crippen molar-refractivity contribution in [2.24, 2.45) is 0 Å². The van der Waals surface area contributed by atoms with Gasteiger partial charge in [0.1, 0.15) is 5.75 Å². The highest BCUT2D eigenvalue weighted by molar-refractivity contribution is 6.32. The fourth-order valence-electron chi connectivity index (χ4n) is 2.87. The van der Waals surface area contributed by atoms with E-state index < -0.39 is 11.9 Å². The smallest absolute Gasteiger partial charge is 0.324 e. The Morgan fingerprint density at radius 2 is 2.23 bits per heavy atom. The predicted octanol–water partition coefficient (Wildman–Crippen LogP) is 1.96. The number of ketones is 1. The van der Waals surface area contributed by atoms with Crippen LogP contribution in [-0.4, -0.2) is 42.3 Å². The van der Waals surface area contributed by atoms with E-state index in [1.165, 1.54) is 0 Å². The average Bonchev–Trinajstić information content (AvgIpc) is 3.02. The van der Waals surface area contributed by atoms with Gasteiger partial charge in [-0.2, -0.15) is 0 Å². The standard InChI is InChI=1S/C15H15ClN2O4/c1-8-6-10(19)14-11(3-2-9(16)13(8)14)22-7-12(20)18-5-4-17-15(18)21/h2-3,8H,4-7H2,1H3,(H,17,21)/t8-/m0/s1. The number of nitrogens with one attached hydrogen (secondary N) is 1. The van der Waals surface area contributed by atoms with Crippen LogP contribution in [0.2, 0.25) is 5.02 Å². The molecule has 3 amide bonds. The van der Waals surface area contributed by atoms with Crippen LogP contribution in [0.3, 0.4) is 0 Å². The van der Waals surface area contributed by atoms with Gasteiger partial charge in [-0.25, -0.2) is 4.79 Å². The number of carbonyl (C=O) groups excluding carboxylic acids is 3. The van der Waals surface area contributed by atoms with Gasteiger partial charge in [-0.15, -0.1) is 0 Å². The quantitative estimate of drug-likeness (QED) is 0.923. The van der Waals surface area contributed by atoms with E-state index in [0.717, 1.165) is 10.5 Å². The maximum Gasteiger partial charge on any atom is 0.324 e. The zero-order valence-corrected chi connectivity index (χ0v) is 12.8. The van der Waals surface area contributed by atoms with Crippen LogP contribution in [-0.2, 0) is 4.79 Å². The Labute approximate surface area is 132 Å². The van der Waals surface area contributed by atoms with E-state index >= 15 is 0 Å². The largest absolute Gasteiger partial charge is 0.483 e. The number of hydrogen-bond acceptors (Lipinski definition) is 4. The first-order valence-corrected chi connectivity index (χ1v) is 7.43. The summed E-state index contributed by atoms with van der Waals surface area (Å²) in [6, 6.07) is 2.84. The first kappa shape index (κ1) is 14.8. The Bertz CT molecular complexity index is 674. The van der Waals surface area contributed by atoms with E-state index in [2.05, 4.69) is 5.32 Å². The maximum atomic E-state index is 12.1. The number of halogens is 1. The molecule has 116 valence electrons. The zero-order valence-electron chi connectivity index (χ0n) is 12.0. The Balaban J connectivity index is 1.78. The molecule has 0 saturated carbocycles. The molecule has 0 radical (unpaired) electrons. The molecule has 0 bridgehead atoms. The molecule has 1 saturated heterocycles. The van der Waals surface area contributed by atoms with Crippen molar-refractivity contribution in [3.8, 4) is 5.75 Å². The second-order valence-electron chi connectivity index (χ2n) is 5.43. The summed E-state index contributed by atoms with van der Waals surface area (Å²) in [5, 5.41) is 3.08. The Hall–Kier alpha value is -2.08. The highest BCUT2D eigenvalue weighted by Gasteiger charge is 2.32. The van der Waals surface area contributed by atoms with Gasteiger partial charge in [0.15, 0.2) is 12.4 Å². The summed E-state index contributed by atoms with van der Waals surface area (Å²) in [6.45, 7) is 2.41. The number of hydrogen-bond donors (Lipinski definition) is 1. The molecule has 1 aromatic carbocycles. The summed E-state index contributed by atoms with van der Waals surface area (Å²) in [7, 11) is 0. The van der Waals surface area contributed by atoms with Gasteiger partial charge in [-0.1, -0.05) is 18.5 Å². The summed E-state index contributed by atoms with van der Waals surface area (Å²) >= 11 is 6.15. The van der Waals surface area contributed by atoms with E-state index in [1.807, 2.05) is 6.92 Å². The lowest BCUT2D eigenvalue weighted by Crippen LogP contribution is -2.37. The molecule has 1 aliphatic heterocycles. The molecule has 6 nitrogen and oxygen atoms in total. The molecular formula is C15H15ClN2O4. The minimum Gasteiger partial charge on any atom is -0.483 e. The SMILES string of the molecule is C[C@H]1CC(=O)c2c(OCC(=O)N3CCNC3=O)ccc(Cl)c21. The maximum absolute atomic E-state index is 12.1. The Kier molecular flexibility index (Phi) is 3.78. The number of benzene rings is 1. The molecule has 7 heteroatoms. The lowest BCUT2D eigenvalue weighted by atomic mass is 10.0. The number of imide groups is 1. The van der Waals surface area contributed by atoms with Crippen molar-refractivity contribution in [2.75, 3.05) is 19.7 Å². The van der Waals surface area contributed by atoms with Crippen molar-refractivity contribution in [1.82, 2.24) is 10.2 Å². The van der Waals surface area contributed by atoms with Crippen LogP contribution in [0.5, 0.6) is 5.75 Å². The highest BCUT2D eigenvalue weighted by Crippen LogP contribution is 2.42. The fraction of sp³-hybridized carbons (Fsp3) is 0.400. The van der Waals surface area contributed by atoms with Crippen LogP contribution in [0, 0.1) is 0 Å². The molecule has 0 spiro atoms. The molecule has 0 aromatic heterocycles. The third kappa shape index (κ3) is 2.43. The molecule has 3 rings (SSSR count). The van der Waals surface area contributed by atoms with Gasteiger partial charge in [-0.05, 0) is 23.6 Å². The number of rotatable bonds is 3. The summed E-state index contributed by atoms with van der Waals surface area (Å²) in [5.74, 6) is -0.0797. The van der Waals surface area contributed by atoms with Crippen molar-refractivity contribution in [2.45, 2.75) is 19.3 Å². The highest BCUT2D eigenvalue weighted by atomic mass is 35.5. The van der Waals surface area contributed by atoms with Gasteiger partial charge in [0.25, 0.3) is 5.91 Å². The van der Waals surface area contributed by atoms with Gasteiger partial charge in [0.2, 0.25) is 0 Å². The van der Waals surface area contributed by atoms with Crippen LogP contribution in [0.1, 0.15) is 35.2 Å². The van der Waals surface area contributed by atoms with Crippen LogP contribution in [0.25, 0.3) is 0 Å². The van der Waals surface area contributed by atoms with Gasteiger partial charge < -0.3 is 10.1 Å². The Morgan fingerprint density at radius 3 is 2.91 bits per heavy atom. The summed E-state index contributed by atoms with van der Waals surface area (Å²) < 4.78 is 5.49. The predicted molar refractivity (Wildman–Crippen MR) is 79.4 cm³/mol. The van der Waals surface area contributed by atoms with Gasteiger partial charge in [0, 0.05) is 24.5 Å². The van der Waals surface area contributed by atoms with Crippen molar-refractivity contribution < 1.29 is 19.1 Å². The number of fused-ring (bicyclic) bond motifs is 1. The van der Waals surface area contributed by atoms with Gasteiger partial charge in [-0.3, -0.25) is 14.5 Å². The molecule has 1 aromatic rings. The van der Waals surface area contributed by atoms with Crippen LogP contribution in [0.15, 0.2) is 12.1 Å². The lowest BCUT2D eigenvalue weighted by molar-refractivity contribution is -0.129. The number of amides is 3. The summed E-state index contributed by atoms with van der Waals surface area (Å²) in [6.07, 6.45) is 0.387. The number of carbonyl (C=O) groups is 3. The monoisotopic (exact) mass is 322 g/mol. The summed E-state index contributed by atoms with van der Waals surface area (Å²) in [5.41, 5.74) is 1.23. The lowest BCUT2D eigenvalue weighted by Gasteiger charge is -2.15.